The second-order valence-electron chi connectivity index (χ2n) is 5.45. The number of primary amides is 1. The lowest BCUT2D eigenvalue weighted by molar-refractivity contribution is -0.143. The minimum Gasteiger partial charge on any atom is -0.481 e. The Hall–Kier alpha value is -3.37. The summed E-state index contributed by atoms with van der Waals surface area (Å²) < 4.78 is 9.68. The quantitative estimate of drug-likeness (QED) is 0.329. The van der Waals surface area contributed by atoms with Crippen LogP contribution in [-0.4, -0.2) is 71.3 Å². The van der Waals surface area contributed by atoms with Gasteiger partial charge in [-0.3, -0.25) is 9.59 Å². The first kappa shape index (κ1) is 26.9. The van der Waals surface area contributed by atoms with E-state index in [-0.39, 0.29) is 50.3 Å². The van der Waals surface area contributed by atoms with Gasteiger partial charge < -0.3 is 30.3 Å². The maximum Gasteiger partial charge on any atom is 0.333 e. The molecule has 0 unspecified atom stereocenters. The SMILES string of the molecule is C=C(C)C(=O)OCCN(CCOC(=O)C(=C)C)C(N)=O.O=C(O)CCC(=O)O. The van der Waals surface area contributed by atoms with Crippen molar-refractivity contribution in [1.82, 2.24) is 4.90 Å². The second kappa shape index (κ2) is 14.8. The van der Waals surface area contributed by atoms with E-state index in [0.29, 0.717) is 0 Å². The number of carbonyl (C=O) groups is 5. The van der Waals surface area contributed by atoms with Crippen LogP contribution in [-0.2, 0) is 28.7 Å². The summed E-state index contributed by atoms with van der Waals surface area (Å²) in [6, 6.07) is -0.692. The topological polar surface area (TPSA) is 174 Å². The molecule has 0 aliphatic carbocycles. The lowest BCUT2D eigenvalue weighted by Crippen LogP contribution is -2.40. The Bertz CT molecular complexity index is 568. The number of amides is 2. The summed E-state index contributed by atoms with van der Waals surface area (Å²) >= 11 is 0. The van der Waals surface area contributed by atoms with E-state index >= 15 is 0 Å². The first-order valence-electron chi connectivity index (χ1n) is 8.01. The Morgan fingerprint density at radius 1 is 0.821 bits per heavy atom. The van der Waals surface area contributed by atoms with Crippen molar-refractivity contribution < 1.29 is 43.7 Å². The third-order valence-corrected chi connectivity index (χ3v) is 2.75. The minimum atomic E-state index is -1.08. The summed E-state index contributed by atoms with van der Waals surface area (Å²) in [4.78, 5) is 53.9. The zero-order chi connectivity index (χ0) is 22.3. The van der Waals surface area contributed by atoms with E-state index in [1.807, 2.05) is 0 Å². The Balaban J connectivity index is 0. The molecule has 0 aromatic heterocycles. The second-order valence-corrected chi connectivity index (χ2v) is 5.45. The highest BCUT2D eigenvalue weighted by molar-refractivity contribution is 5.87. The number of nitrogens with zero attached hydrogens (tertiary/aromatic N) is 1. The molecule has 11 heteroatoms. The van der Waals surface area contributed by atoms with Gasteiger partial charge in [0.1, 0.15) is 13.2 Å². The van der Waals surface area contributed by atoms with Gasteiger partial charge >= 0.3 is 29.9 Å². The third-order valence-electron chi connectivity index (χ3n) is 2.75. The zero-order valence-electron chi connectivity index (χ0n) is 15.9. The van der Waals surface area contributed by atoms with E-state index < -0.39 is 29.9 Å². The number of nitrogens with two attached hydrogens (primary N) is 1. The maximum absolute atomic E-state index is 11.2. The largest absolute Gasteiger partial charge is 0.481 e. The predicted octanol–water partition coefficient (Wildman–Crippen LogP) is 0.542. The molecule has 0 aliphatic heterocycles. The average molecular weight is 402 g/mol. The number of ether oxygens (including phenoxy) is 2. The average Bonchev–Trinajstić information content (AvgIpc) is 2.58. The van der Waals surface area contributed by atoms with Gasteiger partial charge in [0.2, 0.25) is 0 Å². The maximum atomic E-state index is 11.2. The molecule has 0 aliphatic rings. The lowest BCUT2D eigenvalue weighted by Gasteiger charge is -2.20. The first-order chi connectivity index (χ1) is 12.9. The number of rotatable bonds is 11. The molecule has 0 radical (unpaired) electrons. The number of hydrogen-bond donors (Lipinski definition) is 3. The Kier molecular flexibility index (Phi) is 14.2. The fraction of sp³-hybridized carbons (Fsp3) is 0.471. The highest BCUT2D eigenvalue weighted by Gasteiger charge is 2.12. The Morgan fingerprint density at radius 3 is 1.36 bits per heavy atom. The van der Waals surface area contributed by atoms with Crippen LogP contribution >= 0.6 is 0 Å². The molecule has 0 heterocycles. The van der Waals surface area contributed by atoms with E-state index in [4.69, 9.17) is 25.4 Å². The molecular formula is C17H26N2O9. The van der Waals surface area contributed by atoms with Crippen LogP contribution in [0, 0.1) is 0 Å². The molecule has 0 rings (SSSR count). The van der Waals surface area contributed by atoms with Gasteiger partial charge in [0.15, 0.2) is 0 Å². The minimum absolute atomic E-state index is 0.0108. The molecule has 0 bridgehead atoms. The number of carboxylic acid groups (broad SMARTS) is 2. The summed E-state index contributed by atoms with van der Waals surface area (Å²) in [6.45, 7) is 10.1. The Morgan fingerprint density at radius 2 is 1.14 bits per heavy atom. The van der Waals surface area contributed by atoms with Crippen LogP contribution in [0.1, 0.15) is 26.7 Å². The number of aliphatic carboxylic acids is 2. The molecule has 0 saturated heterocycles. The van der Waals surface area contributed by atoms with Crippen molar-refractivity contribution in [2.75, 3.05) is 26.3 Å². The molecule has 0 atom stereocenters. The van der Waals surface area contributed by atoms with E-state index in [2.05, 4.69) is 13.2 Å². The number of carboxylic acids is 2. The number of urea groups is 1. The highest BCUT2D eigenvalue weighted by Crippen LogP contribution is 1.96. The van der Waals surface area contributed by atoms with Gasteiger partial charge in [0, 0.05) is 11.1 Å². The van der Waals surface area contributed by atoms with Crippen LogP contribution in [0.25, 0.3) is 0 Å². The molecule has 158 valence electrons. The van der Waals surface area contributed by atoms with Gasteiger partial charge in [-0.15, -0.1) is 0 Å². The molecule has 4 N–H and O–H groups in total. The van der Waals surface area contributed by atoms with Crippen molar-refractivity contribution in [2.24, 2.45) is 5.73 Å². The summed E-state index contributed by atoms with van der Waals surface area (Å²) in [7, 11) is 0. The first-order valence-corrected chi connectivity index (χ1v) is 8.01. The smallest absolute Gasteiger partial charge is 0.333 e. The lowest BCUT2D eigenvalue weighted by atomic mass is 10.3. The van der Waals surface area contributed by atoms with E-state index in [9.17, 15) is 24.0 Å². The van der Waals surface area contributed by atoms with Gasteiger partial charge in [0.25, 0.3) is 0 Å². The van der Waals surface area contributed by atoms with Crippen LogP contribution in [0.15, 0.2) is 24.3 Å². The number of carbonyl (C=O) groups excluding carboxylic acids is 3. The van der Waals surface area contributed by atoms with Crippen molar-refractivity contribution in [3.8, 4) is 0 Å². The van der Waals surface area contributed by atoms with Crippen LogP contribution in [0.5, 0.6) is 0 Å². The van der Waals surface area contributed by atoms with Crippen LogP contribution in [0.2, 0.25) is 0 Å². The van der Waals surface area contributed by atoms with E-state index in [0.717, 1.165) is 0 Å². The molecular weight excluding hydrogens is 376 g/mol. The number of esters is 2. The molecule has 0 fully saturated rings. The van der Waals surface area contributed by atoms with Crippen LogP contribution in [0.3, 0.4) is 0 Å². The van der Waals surface area contributed by atoms with Gasteiger partial charge in [-0.2, -0.15) is 0 Å². The zero-order valence-corrected chi connectivity index (χ0v) is 15.9. The molecule has 2 amide bonds. The standard InChI is InChI=1S/C13H20N2O5.C4H6O4/c1-9(2)11(16)19-7-5-15(13(14)18)6-8-20-12(17)10(3)4;5-3(6)1-2-4(7)8/h1,3,5-8H2,2,4H3,(H2,14,18);1-2H2,(H,5,6)(H,7,8). The van der Waals surface area contributed by atoms with Crippen molar-refractivity contribution in [2.45, 2.75) is 26.7 Å². The molecule has 28 heavy (non-hydrogen) atoms. The van der Waals surface area contributed by atoms with E-state index in [1.54, 1.807) is 0 Å². The van der Waals surface area contributed by atoms with Crippen LogP contribution < -0.4 is 5.73 Å². The van der Waals surface area contributed by atoms with E-state index in [1.165, 1.54) is 18.7 Å². The fourth-order valence-electron chi connectivity index (χ4n) is 1.29. The van der Waals surface area contributed by atoms with Crippen molar-refractivity contribution in [3.05, 3.63) is 24.3 Å². The molecule has 0 saturated carbocycles. The predicted molar refractivity (Wildman–Crippen MR) is 97.2 cm³/mol. The third kappa shape index (κ3) is 16.1. The monoisotopic (exact) mass is 402 g/mol. The summed E-state index contributed by atoms with van der Waals surface area (Å²) in [5.41, 5.74) is 5.70. The molecule has 0 spiro atoms. The van der Waals surface area contributed by atoms with Gasteiger partial charge in [-0.25, -0.2) is 14.4 Å². The summed E-state index contributed by atoms with van der Waals surface area (Å²) in [6.07, 6.45) is -0.593. The highest BCUT2D eigenvalue weighted by atomic mass is 16.5. The summed E-state index contributed by atoms with van der Waals surface area (Å²) in [5.74, 6) is -3.23. The molecule has 0 aromatic rings. The van der Waals surface area contributed by atoms with Gasteiger partial charge in [-0.1, -0.05) is 13.2 Å². The fourth-order valence-corrected chi connectivity index (χ4v) is 1.29. The van der Waals surface area contributed by atoms with Crippen molar-refractivity contribution >= 4 is 29.9 Å². The van der Waals surface area contributed by atoms with Gasteiger partial charge in [0.05, 0.1) is 25.9 Å². The van der Waals surface area contributed by atoms with Crippen LogP contribution in [0.4, 0.5) is 4.79 Å². The van der Waals surface area contributed by atoms with Gasteiger partial charge in [-0.05, 0) is 13.8 Å². The normalized spacial score (nSPS) is 9.21. The molecule has 0 aromatic carbocycles. The molecule has 11 nitrogen and oxygen atoms in total. The summed E-state index contributed by atoms with van der Waals surface area (Å²) in [5, 5.41) is 15.8. The Labute approximate surface area is 162 Å². The van der Waals surface area contributed by atoms with Crippen molar-refractivity contribution in [1.29, 1.82) is 0 Å². The van der Waals surface area contributed by atoms with Crippen molar-refractivity contribution in [3.63, 3.8) is 0 Å². The number of hydrogen-bond acceptors (Lipinski definition) is 7.